The van der Waals surface area contributed by atoms with E-state index < -0.39 is 0 Å². The van der Waals surface area contributed by atoms with E-state index in [1.807, 2.05) is 6.07 Å². The van der Waals surface area contributed by atoms with E-state index >= 15 is 0 Å². The zero-order chi connectivity index (χ0) is 13.1. The lowest BCUT2D eigenvalue weighted by Gasteiger charge is -2.09. The number of nitrogen functional groups attached to an aromatic ring is 1. The van der Waals surface area contributed by atoms with E-state index in [0.29, 0.717) is 11.3 Å². The zero-order valence-electron chi connectivity index (χ0n) is 9.02. The van der Waals surface area contributed by atoms with Crippen molar-refractivity contribution in [2.75, 3.05) is 5.73 Å². The monoisotopic (exact) mass is 279 g/mol. The van der Waals surface area contributed by atoms with Crippen LogP contribution in [0.2, 0.25) is 10.0 Å². The molecule has 0 amide bonds. The number of nitrogens with zero attached hydrogens (tertiary/aromatic N) is 2. The summed E-state index contributed by atoms with van der Waals surface area (Å²) in [5.41, 5.74) is 5.95. The van der Waals surface area contributed by atoms with Crippen LogP contribution in [0.5, 0.6) is 11.6 Å². The number of halogens is 2. The Hall–Kier alpha value is -1.96. The van der Waals surface area contributed by atoms with Crippen molar-refractivity contribution in [1.29, 1.82) is 5.26 Å². The van der Waals surface area contributed by atoms with Gasteiger partial charge >= 0.3 is 0 Å². The fraction of sp³-hybridized carbons (Fsp3) is 0. The molecule has 0 spiro atoms. The maximum absolute atomic E-state index is 8.94. The van der Waals surface area contributed by atoms with Gasteiger partial charge in [0.25, 0.3) is 0 Å². The third-order valence-corrected chi connectivity index (χ3v) is 2.71. The summed E-state index contributed by atoms with van der Waals surface area (Å²) in [6.07, 6.45) is 0. The van der Waals surface area contributed by atoms with Crippen molar-refractivity contribution in [3.8, 4) is 17.7 Å². The van der Waals surface area contributed by atoms with Crippen LogP contribution in [0.15, 0.2) is 30.3 Å². The number of nitrogens with two attached hydrogens (primary N) is 1. The average molecular weight is 280 g/mol. The van der Waals surface area contributed by atoms with Crippen LogP contribution in [0, 0.1) is 11.3 Å². The molecule has 0 radical (unpaired) electrons. The highest BCUT2D eigenvalue weighted by Gasteiger charge is 2.11. The molecule has 2 N–H and O–H groups in total. The van der Waals surface area contributed by atoms with Gasteiger partial charge in [0, 0.05) is 0 Å². The number of hydrogen-bond acceptors (Lipinski definition) is 4. The number of rotatable bonds is 2. The Bertz CT molecular complexity index is 638. The molecule has 18 heavy (non-hydrogen) atoms. The van der Waals surface area contributed by atoms with Gasteiger partial charge in [0.1, 0.15) is 22.7 Å². The first-order valence-electron chi connectivity index (χ1n) is 4.90. The fourth-order valence-electron chi connectivity index (χ4n) is 1.29. The van der Waals surface area contributed by atoms with Crippen LogP contribution in [0.4, 0.5) is 5.82 Å². The molecular formula is C12H7Cl2N3O. The molecule has 2 rings (SSSR count). The molecule has 1 heterocycles. The summed E-state index contributed by atoms with van der Waals surface area (Å²) in [7, 11) is 0. The van der Waals surface area contributed by atoms with Crippen molar-refractivity contribution >= 4 is 29.0 Å². The molecule has 0 fully saturated rings. The molecule has 0 unspecified atom stereocenters. The van der Waals surface area contributed by atoms with Crippen molar-refractivity contribution in [2.45, 2.75) is 0 Å². The molecule has 0 aliphatic carbocycles. The molecule has 90 valence electrons. The first kappa shape index (κ1) is 12.5. The second-order valence-corrected chi connectivity index (χ2v) is 4.17. The number of benzene rings is 1. The molecule has 2 aromatic rings. The van der Waals surface area contributed by atoms with Gasteiger partial charge in [0.2, 0.25) is 5.88 Å². The van der Waals surface area contributed by atoms with Gasteiger partial charge in [0.05, 0.1) is 10.6 Å². The van der Waals surface area contributed by atoms with E-state index in [1.54, 1.807) is 24.3 Å². The minimum atomic E-state index is 0.112. The maximum Gasteiger partial charge on any atom is 0.240 e. The van der Waals surface area contributed by atoms with Crippen LogP contribution < -0.4 is 10.5 Å². The lowest BCUT2D eigenvalue weighted by Crippen LogP contribution is -1.96. The maximum atomic E-state index is 8.94. The van der Waals surface area contributed by atoms with Crippen molar-refractivity contribution in [3.05, 3.63) is 45.9 Å². The average Bonchev–Trinajstić information content (AvgIpc) is 2.36. The van der Waals surface area contributed by atoms with Crippen molar-refractivity contribution in [1.82, 2.24) is 4.98 Å². The van der Waals surface area contributed by atoms with Crippen LogP contribution >= 0.6 is 23.2 Å². The number of ether oxygens (including phenoxy) is 1. The van der Waals surface area contributed by atoms with Crippen molar-refractivity contribution in [2.24, 2.45) is 0 Å². The predicted octanol–water partition coefficient (Wildman–Crippen LogP) is 3.63. The zero-order valence-corrected chi connectivity index (χ0v) is 10.5. The summed E-state index contributed by atoms with van der Waals surface area (Å²) in [6, 6.07) is 10.2. The van der Waals surface area contributed by atoms with Crippen LogP contribution in [-0.4, -0.2) is 4.98 Å². The molecule has 6 heteroatoms. The smallest absolute Gasteiger partial charge is 0.240 e. The minimum Gasteiger partial charge on any atom is -0.436 e. The number of hydrogen-bond donors (Lipinski definition) is 1. The van der Waals surface area contributed by atoms with Crippen molar-refractivity contribution < 1.29 is 4.74 Å². The van der Waals surface area contributed by atoms with Crippen LogP contribution in [0.3, 0.4) is 0 Å². The lowest BCUT2D eigenvalue weighted by atomic mass is 10.2. The number of aromatic nitrogens is 1. The van der Waals surface area contributed by atoms with Gasteiger partial charge in [-0.15, -0.1) is 0 Å². The SMILES string of the molecule is N#Cc1ccccc1Oc1nc(N)c(Cl)cc1Cl. The van der Waals surface area contributed by atoms with Crippen molar-refractivity contribution in [3.63, 3.8) is 0 Å². The molecule has 1 aromatic heterocycles. The van der Waals surface area contributed by atoms with Gasteiger partial charge in [-0.05, 0) is 18.2 Å². The molecule has 1 aromatic carbocycles. The van der Waals surface area contributed by atoms with Gasteiger partial charge < -0.3 is 10.5 Å². The largest absolute Gasteiger partial charge is 0.436 e. The normalized spacial score (nSPS) is 9.83. The number of pyridine rings is 1. The second kappa shape index (κ2) is 5.13. The number of anilines is 1. The molecule has 0 saturated carbocycles. The standard InChI is InChI=1S/C12H7Cl2N3O/c13-8-5-9(14)12(17-11(8)16)18-10-4-2-1-3-7(10)6-15/h1-5H,(H2,16,17). The molecule has 0 atom stereocenters. The van der Waals surface area contributed by atoms with Gasteiger partial charge in [-0.3, -0.25) is 0 Å². The fourth-order valence-corrected chi connectivity index (χ4v) is 1.68. The highest BCUT2D eigenvalue weighted by molar-refractivity contribution is 6.36. The molecule has 0 aliphatic heterocycles. The number of nitriles is 1. The third kappa shape index (κ3) is 2.48. The third-order valence-electron chi connectivity index (χ3n) is 2.14. The summed E-state index contributed by atoms with van der Waals surface area (Å²) in [5.74, 6) is 0.586. The summed E-state index contributed by atoms with van der Waals surface area (Å²) in [5, 5.41) is 9.41. The van der Waals surface area contributed by atoms with Gasteiger partial charge in [0.15, 0.2) is 0 Å². The van der Waals surface area contributed by atoms with E-state index in [-0.39, 0.29) is 21.7 Å². The van der Waals surface area contributed by atoms with E-state index in [1.165, 1.54) is 6.07 Å². The molecule has 0 bridgehead atoms. The van der Waals surface area contributed by atoms with E-state index in [0.717, 1.165) is 0 Å². The lowest BCUT2D eigenvalue weighted by molar-refractivity contribution is 0.462. The van der Waals surface area contributed by atoms with Gasteiger partial charge in [-0.2, -0.15) is 10.2 Å². The molecule has 0 aliphatic rings. The van der Waals surface area contributed by atoms with E-state index in [4.69, 9.17) is 38.9 Å². The summed E-state index contributed by atoms with van der Waals surface area (Å²) >= 11 is 11.7. The quantitative estimate of drug-likeness (QED) is 0.911. The number of para-hydroxylation sites is 1. The Balaban J connectivity index is 2.41. The van der Waals surface area contributed by atoms with Gasteiger partial charge in [-0.1, -0.05) is 35.3 Å². The first-order chi connectivity index (χ1) is 8.61. The summed E-state index contributed by atoms with van der Waals surface area (Å²) < 4.78 is 5.46. The molecular weight excluding hydrogens is 273 g/mol. The highest BCUT2D eigenvalue weighted by atomic mass is 35.5. The Labute approximate surface area is 114 Å². The predicted molar refractivity (Wildman–Crippen MR) is 69.9 cm³/mol. The highest BCUT2D eigenvalue weighted by Crippen LogP contribution is 2.33. The van der Waals surface area contributed by atoms with E-state index in [9.17, 15) is 0 Å². The summed E-state index contributed by atoms with van der Waals surface area (Å²) in [4.78, 5) is 3.93. The topological polar surface area (TPSA) is 71.9 Å². The first-order valence-corrected chi connectivity index (χ1v) is 5.66. The summed E-state index contributed by atoms with van der Waals surface area (Å²) in [6.45, 7) is 0. The van der Waals surface area contributed by atoms with Crippen LogP contribution in [-0.2, 0) is 0 Å². The minimum absolute atomic E-state index is 0.112. The second-order valence-electron chi connectivity index (χ2n) is 3.35. The van der Waals surface area contributed by atoms with E-state index in [2.05, 4.69) is 4.98 Å². The Morgan fingerprint density at radius 3 is 2.67 bits per heavy atom. The molecule has 4 nitrogen and oxygen atoms in total. The van der Waals surface area contributed by atoms with Crippen LogP contribution in [0.25, 0.3) is 0 Å². The Morgan fingerprint density at radius 1 is 1.22 bits per heavy atom. The van der Waals surface area contributed by atoms with Crippen LogP contribution in [0.1, 0.15) is 5.56 Å². The van der Waals surface area contributed by atoms with Gasteiger partial charge in [-0.25, -0.2) is 0 Å². The Morgan fingerprint density at radius 2 is 1.94 bits per heavy atom. The molecule has 0 saturated heterocycles. The Kier molecular flexibility index (Phi) is 3.56.